The van der Waals surface area contributed by atoms with Gasteiger partial charge in [-0.25, -0.2) is 4.98 Å². The zero-order valence-electron chi connectivity index (χ0n) is 14.0. The predicted molar refractivity (Wildman–Crippen MR) is 98.6 cm³/mol. The van der Waals surface area contributed by atoms with Gasteiger partial charge in [0.15, 0.2) is 0 Å². The van der Waals surface area contributed by atoms with E-state index in [1.54, 1.807) is 25.2 Å². The molecule has 0 fully saturated rings. The van der Waals surface area contributed by atoms with E-state index in [0.29, 0.717) is 21.8 Å². The van der Waals surface area contributed by atoms with Gasteiger partial charge in [0.05, 0.1) is 23.6 Å². The molecule has 0 spiro atoms. The molecule has 1 aromatic heterocycles. The van der Waals surface area contributed by atoms with Crippen LogP contribution in [-0.4, -0.2) is 31.2 Å². The van der Waals surface area contributed by atoms with Crippen LogP contribution in [0.5, 0.6) is 0 Å². The number of aromatic nitrogens is 1. The molecule has 146 valence electrons. The Hall–Kier alpha value is -1.70. The Bertz CT molecular complexity index is 811. The van der Waals surface area contributed by atoms with Gasteiger partial charge < -0.3 is 9.64 Å². The molecule has 2 rings (SSSR count). The lowest BCUT2D eigenvalue weighted by Crippen LogP contribution is -2.25. The first-order chi connectivity index (χ1) is 12.6. The number of rotatable bonds is 6. The number of carbonyl (C=O) groups is 1. The van der Waals surface area contributed by atoms with E-state index < -0.39 is 17.7 Å². The summed E-state index contributed by atoms with van der Waals surface area (Å²) in [5.74, 6) is -0.337. The Morgan fingerprint density at radius 2 is 1.78 bits per heavy atom. The Morgan fingerprint density at radius 3 is 2.33 bits per heavy atom. The number of carbonyl (C=O) groups excluding carboxylic acids is 1. The first-order valence-electron chi connectivity index (χ1n) is 7.60. The lowest BCUT2D eigenvalue weighted by atomic mass is 10.1. The fraction of sp³-hybridized carbons (Fsp3) is 0.294. The normalized spacial score (nSPS) is 11.4. The highest BCUT2D eigenvalue weighted by molar-refractivity contribution is 6.34. The molecule has 0 aliphatic rings. The van der Waals surface area contributed by atoms with Crippen LogP contribution >= 0.6 is 34.8 Å². The molecule has 27 heavy (non-hydrogen) atoms. The quantitative estimate of drug-likeness (QED) is 0.572. The first-order valence-corrected chi connectivity index (χ1v) is 8.74. The lowest BCUT2D eigenvalue weighted by molar-refractivity contribution is -0.142. The molecule has 1 aromatic carbocycles. The van der Waals surface area contributed by atoms with Crippen LogP contribution in [0.3, 0.4) is 0 Å². The minimum atomic E-state index is -4.52. The van der Waals surface area contributed by atoms with Crippen molar-refractivity contribution in [2.24, 2.45) is 0 Å². The molecule has 0 unspecified atom stereocenters. The third kappa shape index (κ3) is 6.45. The van der Waals surface area contributed by atoms with Crippen LogP contribution in [0.1, 0.15) is 11.1 Å². The number of benzene rings is 1. The smallest absolute Gasteiger partial charge is 0.417 e. The maximum absolute atomic E-state index is 12.6. The van der Waals surface area contributed by atoms with Crippen LogP contribution in [0.2, 0.25) is 15.1 Å². The summed E-state index contributed by atoms with van der Waals surface area (Å²) in [5.41, 5.74) is -0.324. The molecular formula is C17H14Cl3F3N2O2. The SMILES string of the molecule is CN(CCOC(=O)Cc1cc(Cl)cc(Cl)c1)c1ncc(C(F)(F)F)cc1Cl. The van der Waals surface area contributed by atoms with Crippen LogP contribution in [0, 0.1) is 0 Å². The van der Waals surface area contributed by atoms with Crippen LogP contribution in [0.25, 0.3) is 0 Å². The Balaban J connectivity index is 1.88. The summed E-state index contributed by atoms with van der Waals surface area (Å²) in [6.07, 6.45) is -3.83. The van der Waals surface area contributed by atoms with E-state index in [0.717, 1.165) is 6.07 Å². The van der Waals surface area contributed by atoms with Gasteiger partial charge >= 0.3 is 12.1 Å². The van der Waals surface area contributed by atoms with Gasteiger partial charge in [-0.2, -0.15) is 13.2 Å². The fourth-order valence-electron chi connectivity index (χ4n) is 2.20. The van der Waals surface area contributed by atoms with E-state index in [2.05, 4.69) is 4.98 Å². The lowest BCUT2D eigenvalue weighted by Gasteiger charge is -2.20. The summed E-state index contributed by atoms with van der Waals surface area (Å²) < 4.78 is 43.0. The number of likely N-dealkylation sites (N-methyl/N-ethyl adjacent to an activating group) is 1. The monoisotopic (exact) mass is 440 g/mol. The second-order valence-electron chi connectivity index (χ2n) is 5.62. The Labute approximate surface area is 168 Å². The third-order valence-electron chi connectivity index (χ3n) is 3.47. The van der Waals surface area contributed by atoms with Gasteiger partial charge in [0.1, 0.15) is 12.4 Å². The van der Waals surface area contributed by atoms with Crippen LogP contribution in [0.4, 0.5) is 19.0 Å². The molecule has 0 saturated carbocycles. The summed E-state index contributed by atoms with van der Waals surface area (Å²) >= 11 is 17.6. The molecule has 0 saturated heterocycles. The average molecular weight is 442 g/mol. The molecule has 2 aromatic rings. The number of alkyl halides is 3. The zero-order chi connectivity index (χ0) is 20.2. The summed E-state index contributed by atoms with van der Waals surface area (Å²) in [4.78, 5) is 17.1. The van der Waals surface area contributed by atoms with E-state index >= 15 is 0 Å². The van der Waals surface area contributed by atoms with Crippen LogP contribution < -0.4 is 4.90 Å². The standard InChI is InChI=1S/C17H14Cl3F3N2O2/c1-25(16-14(20)7-11(9-24-16)17(21,22)23)2-3-27-15(26)6-10-4-12(18)8-13(19)5-10/h4-5,7-9H,2-3,6H2,1H3. The van der Waals surface area contributed by atoms with Crippen molar-refractivity contribution < 1.29 is 22.7 Å². The van der Waals surface area contributed by atoms with Gasteiger partial charge in [0.2, 0.25) is 0 Å². The van der Waals surface area contributed by atoms with Gasteiger partial charge in [-0.05, 0) is 29.8 Å². The molecule has 0 atom stereocenters. The average Bonchev–Trinajstić information content (AvgIpc) is 2.52. The number of ether oxygens (including phenoxy) is 1. The van der Waals surface area contributed by atoms with Crippen LogP contribution in [-0.2, 0) is 22.1 Å². The molecule has 0 amide bonds. The molecule has 0 radical (unpaired) electrons. The van der Waals surface area contributed by atoms with E-state index in [1.165, 1.54) is 4.90 Å². The van der Waals surface area contributed by atoms with Crippen molar-refractivity contribution in [3.05, 3.63) is 56.7 Å². The predicted octanol–water partition coefficient (Wildman–Crippen LogP) is 5.28. The number of nitrogens with zero attached hydrogens (tertiary/aromatic N) is 2. The largest absolute Gasteiger partial charge is 0.464 e. The molecule has 0 N–H and O–H groups in total. The van der Waals surface area contributed by atoms with Crippen LogP contribution in [0.15, 0.2) is 30.5 Å². The molecular weight excluding hydrogens is 428 g/mol. The maximum Gasteiger partial charge on any atom is 0.417 e. The summed E-state index contributed by atoms with van der Waals surface area (Å²) in [6, 6.07) is 5.56. The summed E-state index contributed by atoms with van der Waals surface area (Å²) in [5, 5.41) is 0.674. The maximum atomic E-state index is 12.6. The summed E-state index contributed by atoms with van der Waals surface area (Å²) in [6.45, 7) is 0.197. The number of pyridine rings is 1. The van der Waals surface area contributed by atoms with Gasteiger partial charge in [0, 0.05) is 23.3 Å². The van der Waals surface area contributed by atoms with Gasteiger partial charge in [-0.3, -0.25) is 4.79 Å². The molecule has 0 aliphatic carbocycles. The number of hydrogen-bond donors (Lipinski definition) is 0. The highest BCUT2D eigenvalue weighted by Crippen LogP contribution is 2.33. The molecule has 0 bridgehead atoms. The van der Waals surface area contributed by atoms with Crippen molar-refractivity contribution >= 4 is 46.6 Å². The molecule has 4 nitrogen and oxygen atoms in total. The number of halogens is 6. The van der Waals surface area contributed by atoms with Crippen molar-refractivity contribution in [3.63, 3.8) is 0 Å². The van der Waals surface area contributed by atoms with E-state index in [4.69, 9.17) is 39.5 Å². The second-order valence-corrected chi connectivity index (χ2v) is 6.90. The van der Waals surface area contributed by atoms with Crippen molar-refractivity contribution in [1.82, 2.24) is 4.98 Å². The van der Waals surface area contributed by atoms with E-state index in [1.807, 2.05) is 0 Å². The minimum Gasteiger partial charge on any atom is -0.464 e. The minimum absolute atomic E-state index is 0.00264. The highest BCUT2D eigenvalue weighted by Gasteiger charge is 2.31. The van der Waals surface area contributed by atoms with Crippen molar-refractivity contribution in [2.45, 2.75) is 12.6 Å². The summed E-state index contributed by atoms with van der Waals surface area (Å²) in [7, 11) is 1.58. The van der Waals surface area contributed by atoms with E-state index in [-0.39, 0.29) is 30.4 Å². The van der Waals surface area contributed by atoms with Crippen molar-refractivity contribution in [1.29, 1.82) is 0 Å². The Morgan fingerprint density at radius 1 is 1.15 bits per heavy atom. The fourth-order valence-corrected chi connectivity index (χ4v) is 3.08. The number of anilines is 1. The first kappa shape index (κ1) is 21.6. The van der Waals surface area contributed by atoms with Gasteiger partial charge in [-0.1, -0.05) is 34.8 Å². The van der Waals surface area contributed by atoms with Gasteiger partial charge in [-0.15, -0.1) is 0 Å². The highest BCUT2D eigenvalue weighted by atomic mass is 35.5. The molecule has 10 heteroatoms. The zero-order valence-corrected chi connectivity index (χ0v) is 16.3. The third-order valence-corrected chi connectivity index (χ3v) is 4.19. The second kappa shape index (κ2) is 8.99. The topological polar surface area (TPSA) is 42.4 Å². The number of esters is 1. The Kier molecular flexibility index (Phi) is 7.19. The molecule has 1 heterocycles. The molecule has 0 aliphatic heterocycles. The number of hydrogen-bond acceptors (Lipinski definition) is 4. The van der Waals surface area contributed by atoms with Crippen molar-refractivity contribution in [3.8, 4) is 0 Å². The van der Waals surface area contributed by atoms with Crippen molar-refractivity contribution in [2.75, 3.05) is 25.1 Å². The van der Waals surface area contributed by atoms with E-state index in [9.17, 15) is 18.0 Å². The van der Waals surface area contributed by atoms with Gasteiger partial charge in [0.25, 0.3) is 0 Å².